The zero-order valence-corrected chi connectivity index (χ0v) is 12.6. The van der Waals surface area contributed by atoms with Crippen LogP contribution in [-0.4, -0.2) is 42.0 Å². The number of carboxylic acids is 1. The second-order valence-corrected chi connectivity index (χ2v) is 4.85. The van der Waals surface area contributed by atoms with Crippen LogP contribution < -0.4 is 9.64 Å². The number of hydrogen-bond acceptors (Lipinski definition) is 5. The molecule has 1 aromatic carbocycles. The van der Waals surface area contributed by atoms with Gasteiger partial charge in [0.2, 0.25) is 0 Å². The van der Waals surface area contributed by atoms with Crippen molar-refractivity contribution in [2.45, 2.75) is 6.42 Å². The minimum atomic E-state index is -0.851. The number of hydrogen-bond donors (Lipinski definition) is 1. The molecule has 0 amide bonds. The minimum Gasteiger partial charge on any atom is -0.492 e. The van der Waals surface area contributed by atoms with Gasteiger partial charge in [0.1, 0.15) is 24.5 Å². The van der Waals surface area contributed by atoms with Crippen LogP contribution in [0, 0.1) is 0 Å². The molecule has 0 aliphatic carbocycles. The van der Waals surface area contributed by atoms with Crippen molar-refractivity contribution in [1.82, 2.24) is 4.98 Å². The maximum absolute atomic E-state index is 10.8. The van der Waals surface area contributed by atoms with Crippen LogP contribution >= 0.6 is 0 Å². The van der Waals surface area contributed by atoms with E-state index >= 15 is 0 Å². The van der Waals surface area contributed by atoms with E-state index in [1.165, 1.54) is 0 Å². The third kappa shape index (κ3) is 5.43. The SMILES string of the molecule is O=Cc1ccc(OCCN(CCC(=O)O)c2ccccn2)cc1. The summed E-state index contributed by atoms with van der Waals surface area (Å²) < 4.78 is 5.63. The Morgan fingerprint density at radius 3 is 2.57 bits per heavy atom. The van der Waals surface area contributed by atoms with E-state index in [0.29, 0.717) is 36.8 Å². The van der Waals surface area contributed by atoms with Gasteiger partial charge in [-0.05, 0) is 36.4 Å². The number of aromatic nitrogens is 1. The number of aliphatic carboxylic acids is 1. The Labute approximate surface area is 134 Å². The van der Waals surface area contributed by atoms with E-state index in [2.05, 4.69) is 4.98 Å². The number of rotatable bonds is 9. The fraction of sp³-hybridized carbons (Fsp3) is 0.235. The summed E-state index contributed by atoms with van der Waals surface area (Å²) in [6, 6.07) is 12.3. The zero-order chi connectivity index (χ0) is 16.5. The Bertz CT molecular complexity index is 629. The monoisotopic (exact) mass is 314 g/mol. The molecule has 120 valence electrons. The smallest absolute Gasteiger partial charge is 0.305 e. The lowest BCUT2D eigenvalue weighted by Crippen LogP contribution is -2.31. The van der Waals surface area contributed by atoms with E-state index in [9.17, 15) is 9.59 Å². The highest BCUT2D eigenvalue weighted by Gasteiger charge is 2.10. The molecule has 0 spiro atoms. The Kier molecular flexibility index (Phi) is 6.11. The van der Waals surface area contributed by atoms with Gasteiger partial charge in [-0.3, -0.25) is 9.59 Å². The molecule has 0 saturated heterocycles. The van der Waals surface area contributed by atoms with Crippen molar-refractivity contribution in [3.8, 4) is 5.75 Å². The summed E-state index contributed by atoms with van der Waals surface area (Å²) in [5.41, 5.74) is 0.592. The molecular weight excluding hydrogens is 296 g/mol. The quantitative estimate of drug-likeness (QED) is 0.715. The summed E-state index contributed by atoms with van der Waals surface area (Å²) in [4.78, 5) is 27.5. The molecule has 2 rings (SSSR count). The van der Waals surface area contributed by atoms with Crippen LogP contribution in [0.4, 0.5) is 5.82 Å². The van der Waals surface area contributed by atoms with Gasteiger partial charge in [-0.1, -0.05) is 6.07 Å². The summed E-state index contributed by atoms with van der Waals surface area (Å²) >= 11 is 0. The number of aldehydes is 1. The first kappa shape index (κ1) is 16.5. The largest absolute Gasteiger partial charge is 0.492 e. The fourth-order valence-electron chi connectivity index (χ4n) is 2.03. The minimum absolute atomic E-state index is 0.0323. The van der Waals surface area contributed by atoms with Crippen molar-refractivity contribution in [3.63, 3.8) is 0 Å². The van der Waals surface area contributed by atoms with Crippen molar-refractivity contribution in [2.75, 3.05) is 24.6 Å². The number of benzene rings is 1. The van der Waals surface area contributed by atoms with Crippen molar-refractivity contribution in [2.24, 2.45) is 0 Å². The zero-order valence-electron chi connectivity index (χ0n) is 12.6. The Morgan fingerprint density at radius 2 is 1.96 bits per heavy atom. The lowest BCUT2D eigenvalue weighted by Gasteiger charge is -2.23. The van der Waals surface area contributed by atoms with E-state index in [1.54, 1.807) is 30.5 Å². The number of ether oxygens (including phenoxy) is 1. The summed E-state index contributed by atoms with van der Waals surface area (Å²) in [6.07, 6.45) is 2.48. The summed E-state index contributed by atoms with van der Waals surface area (Å²) in [7, 11) is 0. The van der Waals surface area contributed by atoms with E-state index in [4.69, 9.17) is 9.84 Å². The predicted molar refractivity (Wildman–Crippen MR) is 86.0 cm³/mol. The van der Waals surface area contributed by atoms with Gasteiger partial charge in [-0.15, -0.1) is 0 Å². The molecule has 0 atom stereocenters. The molecule has 23 heavy (non-hydrogen) atoms. The second kappa shape index (κ2) is 8.53. The standard InChI is InChI=1S/C17H18N2O4/c20-13-14-4-6-15(7-5-14)23-12-11-19(10-8-17(21)22)16-3-1-2-9-18-16/h1-7,9,13H,8,10-12H2,(H,21,22). The molecule has 0 unspecified atom stereocenters. The molecule has 0 aliphatic rings. The van der Waals surface area contributed by atoms with Crippen molar-refractivity contribution in [3.05, 3.63) is 54.2 Å². The molecule has 0 bridgehead atoms. The predicted octanol–water partition coefficient (Wildman–Crippen LogP) is 2.25. The van der Waals surface area contributed by atoms with Gasteiger partial charge < -0.3 is 14.7 Å². The van der Waals surface area contributed by atoms with Crippen LogP contribution in [0.15, 0.2) is 48.7 Å². The number of carboxylic acid groups (broad SMARTS) is 1. The van der Waals surface area contributed by atoms with Gasteiger partial charge >= 0.3 is 5.97 Å². The number of carbonyl (C=O) groups is 2. The van der Waals surface area contributed by atoms with Gasteiger partial charge in [0.25, 0.3) is 0 Å². The third-order valence-corrected chi connectivity index (χ3v) is 3.21. The molecule has 1 heterocycles. The summed E-state index contributed by atoms with van der Waals surface area (Å²) in [6.45, 7) is 1.26. The van der Waals surface area contributed by atoms with Crippen molar-refractivity contribution >= 4 is 18.1 Å². The van der Waals surface area contributed by atoms with Crippen molar-refractivity contribution < 1.29 is 19.4 Å². The molecule has 1 N–H and O–H groups in total. The first-order valence-corrected chi connectivity index (χ1v) is 7.25. The molecule has 0 saturated carbocycles. The maximum Gasteiger partial charge on any atom is 0.305 e. The first-order chi connectivity index (χ1) is 11.2. The Morgan fingerprint density at radius 1 is 1.17 bits per heavy atom. The molecule has 2 aromatic rings. The lowest BCUT2D eigenvalue weighted by molar-refractivity contribution is -0.136. The van der Waals surface area contributed by atoms with Gasteiger partial charge in [0.05, 0.1) is 13.0 Å². The fourth-order valence-corrected chi connectivity index (χ4v) is 2.03. The molecule has 6 heteroatoms. The molecule has 6 nitrogen and oxygen atoms in total. The maximum atomic E-state index is 10.8. The van der Waals surface area contributed by atoms with E-state index in [-0.39, 0.29) is 6.42 Å². The average molecular weight is 314 g/mol. The number of anilines is 1. The van der Waals surface area contributed by atoms with Crippen LogP contribution in [-0.2, 0) is 4.79 Å². The number of pyridine rings is 1. The molecule has 0 radical (unpaired) electrons. The second-order valence-electron chi connectivity index (χ2n) is 4.85. The van der Waals surface area contributed by atoms with Gasteiger partial charge in [-0.2, -0.15) is 0 Å². The third-order valence-electron chi connectivity index (χ3n) is 3.21. The van der Waals surface area contributed by atoms with Crippen LogP contribution in [0.1, 0.15) is 16.8 Å². The van der Waals surface area contributed by atoms with Crippen LogP contribution in [0.2, 0.25) is 0 Å². The molecule has 1 aromatic heterocycles. The van der Waals surface area contributed by atoms with Gasteiger partial charge in [0.15, 0.2) is 0 Å². The number of nitrogens with zero attached hydrogens (tertiary/aromatic N) is 2. The van der Waals surface area contributed by atoms with Crippen LogP contribution in [0.5, 0.6) is 5.75 Å². The van der Waals surface area contributed by atoms with Crippen LogP contribution in [0.25, 0.3) is 0 Å². The number of carbonyl (C=O) groups excluding carboxylic acids is 1. The van der Waals surface area contributed by atoms with E-state index in [1.807, 2.05) is 23.1 Å². The normalized spacial score (nSPS) is 10.1. The van der Waals surface area contributed by atoms with Gasteiger partial charge in [-0.25, -0.2) is 4.98 Å². The van der Waals surface area contributed by atoms with E-state index in [0.717, 1.165) is 6.29 Å². The topological polar surface area (TPSA) is 79.7 Å². The summed E-state index contributed by atoms with van der Waals surface area (Å²) in [5.74, 6) is 0.528. The Hall–Kier alpha value is -2.89. The molecular formula is C17H18N2O4. The lowest BCUT2D eigenvalue weighted by atomic mass is 10.2. The highest BCUT2D eigenvalue weighted by Crippen LogP contribution is 2.13. The van der Waals surface area contributed by atoms with Crippen LogP contribution in [0.3, 0.4) is 0 Å². The van der Waals surface area contributed by atoms with E-state index < -0.39 is 5.97 Å². The Balaban J connectivity index is 1.91. The average Bonchev–Trinajstić information content (AvgIpc) is 2.59. The molecule has 0 aliphatic heterocycles. The summed E-state index contributed by atoms with van der Waals surface area (Å²) in [5, 5.41) is 8.86. The highest BCUT2D eigenvalue weighted by atomic mass is 16.5. The highest BCUT2D eigenvalue weighted by molar-refractivity contribution is 5.74. The molecule has 0 fully saturated rings. The van der Waals surface area contributed by atoms with Crippen molar-refractivity contribution in [1.29, 1.82) is 0 Å². The first-order valence-electron chi connectivity index (χ1n) is 7.25. The van der Waals surface area contributed by atoms with Gasteiger partial charge in [0, 0.05) is 18.3 Å².